The first-order chi connectivity index (χ1) is 22.3. The lowest BCUT2D eigenvalue weighted by Crippen LogP contribution is -2.12. The Bertz CT molecular complexity index is 1880. The van der Waals surface area contributed by atoms with Crippen LogP contribution in [0.25, 0.3) is 22.3 Å². The molecule has 0 fully saturated rings. The molecule has 0 aliphatic heterocycles. The molecule has 0 bridgehead atoms. The third-order valence-electron chi connectivity index (χ3n) is 7.15. The Kier molecular flexibility index (Phi) is 10.0. The Balaban J connectivity index is 0.000000167. The number of aromatic nitrogens is 1. The van der Waals surface area contributed by atoms with E-state index in [0.29, 0.717) is 8.73 Å². The highest BCUT2D eigenvalue weighted by Crippen LogP contribution is 2.37. The molecule has 0 aliphatic rings. The Morgan fingerprint density at radius 1 is 0.400 bits per heavy atom. The number of hydrogen-bond acceptors (Lipinski definition) is 3. The van der Waals surface area contributed by atoms with Crippen LogP contribution < -0.4 is 15.4 Å². The van der Waals surface area contributed by atoms with Crippen molar-refractivity contribution in [3.8, 4) is 22.3 Å². The standard InChI is InChI=1S/C23H19N2P.C18H15N/c1-3-10-19(11-4-1)20-12-9-15-22(18-20)25(21-13-5-2-6-14-21)26-23-16-7-8-17-24-23;1-3-8-15(9-4-1)16-10-7-13-18(14-16)19-17-11-5-2-6-12-17/h1-18,26H;1-14,19H. The lowest BCUT2D eigenvalue weighted by molar-refractivity contribution is 1.37. The Hall–Kier alpha value is -5.50. The van der Waals surface area contributed by atoms with E-state index in [4.69, 9.17) is 0 Å². The van der Waals surface area contributed by atoms with Crippen LogP contribution >= 0.6 is 8.73 Å². The molecule has 1 aromatic heterocycles. The molecule has 0 spiro atoms. The summed E-state index contributed by atoms with van der Waals surface area (Å²) in [4.78, 5) is 4.52. The average molecular weight is 600 g/mol. The van der Waals surface area contributed by atoms with Crippen LogP contribution in [0.15, 0.2) is 194 Å². The van der Waals surface area contributed by atoms with Crippen molar-refractivity contribution in [2.45, 2.75) is 0 Å². The van der Waals surface area contributed by atoms with Gasteiger partial charge >= 0.3 is 0 Å². The number of rotatable bonds is 8. The summed E-state index contributed by atoms with van der Waals surface area (Å²) < 4.78 is 2.33. The van der Waals surface area contributed by atoms with Gasteiger partial charge in [0.25, 0.3) is 0 Å². The first-order valence-corrected chi connectivity index (χ1v) is 15.9. The largest absolute Gasteiger partial charge is 0.356 e. The highest BCUT2D eigenvalue weighted by molar-refractivity contribution is 7.49. The van der Waals surface area contributed by atoms with Gasteiger partial charge in [-0.25, -0.2) is 0 Å². The smallest absolute Gasteiger partial charge is 0.0811 e. The molecule has 0 saturated carbocycles. The van der Waals surface area contributed by atoms with Gasteiger partial charge < -0.3 is 9.99 Å². The second-order valence-electron chi connectivity index (χ2n) is 10.4. The van der Waals surface area contributed by atoms with Crippen molar-refractivity contribution in [2.24, 2.45) is 0 Å². The summed E-state index contributed by atoms with van der Waals surface area (Å²) in [7, 11) is 0.427. The zero-order valence-corrected chi connectivity index (χ0v) is 25.9. The zero-order valence-electron chi connectivity index (χ0n) is 24.9. The molecule has 1 heterocycles. The van der Waals surface area contributed by atoms with E-state index in [1.165, 1.54) is 33.6 Å². The Labute approximate surface area is 267 Å². The second kappa shape index (κ2) is 15.3. The predicted octanol–water partition coefficient (Wildman–Crippen LogP) is 10.9. The first-order valence-electron chi connectivity index (χ1n) is 15.0. The van der Waals surface area contributed by atoms with Gasteiger partial charge in [-0.2, -0.15) is 0 Å². The molecule has 0 aliphatic carbocycles. The summed E-state index contributed by atoms with van der Waals surface area (Å²) in [5.41, 5.74) is 10.5. The number of pyridine rings is 1. The van der Waals surface area contributed by atoms with Gasteiger partial charge in [0.15, 0.2) is 0 Å². The van der Waals surface area contributed by atoms with Gasteiger partial charge in [-0.05, 0) is 82.9 Å². The molecule has 0 amide bonds. The summed E-state index contributed by atoms with van der Waals surface area (Å²) in [6.07, 6.45) is 1.85. The number of hydrogen-bond donors (Lipinski definition) is 1. The van der Waals surface area contributed by atoms with Gasteiger partial charge in [-0.1, -0.05) is 127 Å². The molecule has 7 rings (SSSR count). The predicted molar refractivity (Wildman–Crippen MR) is 194 cm³/mol. The summed E-state index contributed by atoms with van der Waals surface area (Å²) in [6, 6.07) is 64.8. The van der Waals surface area contributed by atoms with Gasteiger partial charge in [0.05, 0.1) is 5.44 Å². The van der Waals surface area contributed by atoms with E-state index in [-0.39, 0.29) is 0 Å². The molecule has 1 N–H and O–H groups in total. The number of para-hydroxylation sites is 2. The quantitative estimate of drug-likeness (QED) is 0.176. The lowest BCUT2D eigenvalue weighted by Gasteiger charge is -2.25. The van der Waals surface area contributed by atoms with E-state index in [2.05, 4.69) is 154 Å². The van der Waals surface area contributed by atoms with Crippen LogP contribution in [0.2, 0.25) is 0 Å². The molecule has 0 saturated heterocycles. The molecule has 45 heavy (non-hydrogen) atoms. The van der Waals surface area contributed by atoms with Crippen molar-refractivity contribution in [3.63, 3.8) is 0 Å². The normalized spacial score (nSPS) is 10.6. The van der Waals surface area contributed by atoms with Crippen LogP contribution in [-0.4, -0.2) is 4.98 Å². The van der Waals surface area contributed by atoms with Gasteiger partial charge in [0.2, 0.25) is 0 Å². The third-order valence-corrected chi connectivity index (χ3v) is 8.41. The molecular formula is C41H34N3P. The summed E-state index contributed by atoms with van der Waals surface area (Å²) in [6.45, 7) is 0. The van der Waals surface area contributed by atoms with Crippen molar-refractivity contribution in [1.29, 1.82) is 0 Å². The van der Waals surface area contributed by atoms with Crippen molar-refractivity contribution < 1.29 is 0 Å². The Morgan fingerprint density at radius 3 is 1.51 bits per heavy atom. The van der Waals surface area contributed by atoms with Crippen molar-refractivity contribution in [3.05, 3.63) is 194 Å². The maximum Gasteiger partial charge on any atom is 0.0811 e. The van der Waals surface area contributed by atoms with Crippen LogP contribution in [0.5, 0.6) is 0 Å². The number of nitrogens with one attached hydrogen (secondary N) is 1. The second-order valence-corrected chi connectivity index (χ2v) is 11.5. The zero-order chi connectivity index (χ0) is 30.5. The fourth-order valence-corrected chi connectivity index (χ4v) is 6.03. The van der Waals surface area contributed by atoms with Crippen LogP contribution in [-0.2, 0) is 0 Å². The van der Waals surface area contributed by atoms with Crippen molar-refractivity contribution in [2.75, 3.05) is 9.99 Å². The maximum atomic E-state index is 4.52. The summed E-state index contributed by atoms with van der Waals surface area (Å²) >= 11 is 0. The van der Waals surface area contributed by atoms with E-state index >= 15 is 0 Å². The van der Waals surface area contributed by atoms with Gasteiger partial charge in [-0.3, -0.25) is 4.98 Å². The molecule has 4 heteroatoms. The maximum absolute atomic E-state index is 4.52. The van der Waals surface area contributed by atoms with Crippen LogP contribution in [0.1, 0.15) is 0 Å². The van der Waals surface area contributed by atoms with Gasteiger partial charge in [0.1, 0.15) is 0 Å². The first kappa shape index (κ1) is 29.6. The topological polar surface area (TPSA) is 28.2 Å². The van der Waals surface area contributed by atoms with Crippen molar-refractivity contribution in [1.82, 2.24) is 4.98 Å². The summed E-state index contributed by atoms with van der Waals surface area (Å²) in [5.74, 6) is 0. The number of anilines is 4. The van der Waals surface area contributed by atoms with Gasteiger partial charge in [-0.15, -0.1) is 0 Å². The molecule has 1 unspecified atom stereocenters. The fourth-order valence-electron chi connectivity index (χ4n) is 4.95. The van der Waals surface area contributed by atoms with E-state index < -0.39 is 0 Å². The number of nitrogens with zero attached hydrogens (tertiary/aromatic N) is 2. The van der Waals surface area contributed by atoms with E-state index in [1.54, 1.807) is 0 Å². The van der Waals surface area contributed by atoms with Crippen LogP contribution in [0.4, 0.5) is 22.7 Å². The van der Waals surface area contributed by atoms with Crippen LogP contribution in [0, 0.1) is 0 Å². The van der Waals surface area contributed by atoms with E-state index in [0.717, 1.165) is 16.8 Å². The minimum atomic E-state index is 0.427. The van der Waals surface area contributed by atoms with Gasteiger partial charge in [0, 0.05) is 37.7 Å². The van der Waals surface area contributed by atoms with E-state index in [9.17, 15) is 0 Å². The van der Waals surface area contributed by atoms with Crippen molar-refractivity contribution >= 4 is 36.9 Å². The molecule has 1 atom stereocenters. The molecule has 0 radical (unpaired) electrons. The Morgan fingerprint density at radius 2 is 0.889 bits per heavy atom. The molecule has 3 nitrogen and oxygen atoms in total. The summed E-state index contributed by atoms with van der Waals surface area (Å²) in [5, 5.41) is 3.41. The minimum Gasteiger partial charge on any atom is -0.356 e. The third kappa shape index (κ3) is 8.32. The average Bonchev–Trinajstić information content (AvgIpc) is 3.13. The molecule has 6 aromatic carbocycles. The minimum absolute atomic E-state index is 0.427. The van der Waals surface area contributed by atoms with Crippen LogP contribution in [0.3, 0.4) is 0 Å². The highest BCUT2D eigenvalue weighted by Gasteiger charge is 2.12. The number of benzene rings is 6. The highest BCUT2D eigenvalue weighted by atomic mass is 31.1. The monoisotopic (exact) mass is 599 g/mol. The lowest BCUT2D eigenvalue weighted by atomic mass is 10.1. The molecule has 218 valence electrons. The molecular weight excluding hydrogens is 565 g/mol. The SMILES string of the molecule is c1ccc(-c2cccc(N(Pc3ccccn3)c3ccccc3)c2)cc1.c1ccc(Nc2cccc(-c3ccccc3)c2)cc1. The molecule has 7 aromatic rings. The fraction of sp³-hybridized carbons (Fsp3) is 0. The van der Waals surface area contributed by atoms with E-state index in [1.807, 2.05) is 54.7 Å².